The van der Waals surface area contributed by atoms with E-state index in [1.54, 1.807) is 47.1 Å². The number of rotatable bonds is 9. The molecule has 31 heavy (non-hydrogen) atoms. The van der Waals surface area contributed by atoms with E-state index in [0.29, 0.717) is 23.6 Å². The molecule has 0 radical (unpaired) electrons. The largest absolute Gasteiger partial charge is 0.383 e. The van der Waals surface area contributed by atoms with Crippen LogP contribution in [0.25, 0.3) is 0 Å². The fourth-order valence-electron chi connectivity index (χ4n) is 3.92. The van der Waals surface area contributed by atoms with Crippen LogP contribution in [0.3, 0.4) is 0 Å². The normalized spacial score (nSPS) is 18.6. The van der Waals surface area contributed by atoms with Gasteiger partial charge in [0, 0.05) is 51.8 Å². The summed E-state index contributed by atoms with van der Waals surface area (Å²) >= 11 is 6.42. The molecule has 2 aromatic rings. The number of ether oxygens (including phenoxy) is 1. The second kappa shape index (κ2) is 9.62. The molecule has 2 heterocycles. The molecule has 1 aromatic heterocycles. The van der Waals surface area contributed by atoms with Crippen molar-refractivity contribution in [1.82, 2.24) is 19.6 Å². The average Bonchev–Trinajstić information content (AvgIpc) is 3.26. The van der Waals surface area contributed by atoms with Gasteiger partial charge in [0.05, 0.1) is 24.8 Å². The zero-order valence-corrected chi connectivity index (χ0v) is 18.8. The van der Waals surface area contributed by atoms with Crippen LogP contribution in [-0.2, 0) is 38.0 Å². The third kappa shape index (κ3) is 4.80. The lowest BCUT2D eigenvalue weighted by Gasteiger charge is -2.30. The van der Waals surface area contributed by atoms with Crippen molar-refractivity contribution in [3.63, 3.8) is 0 Å². The van der Waals surface area contributed by atoms with Crippen molar-refractivity contribution in [2.24, 2.45) is 7.05 Å². The van der Waals surface area contributed by atoms with Crippen LogP contribution in [0.4, 0.5) is 0 Å². The summed E-state index contributed by atoms with van der Waals surface area (Å²) in [6.07, 6.45) is 4.07. The minimum atomic E-state index is -1.32. The van der Waals surface area contributed by atoms with E-state index < -0.39 is 11.3 Å². The van der Waals surface area contributed by atoms with Gasteiger partial charge in [-0.05, 0) is 23.6 Å². The molecule has 1 aliphatic rings. The topological polar surface area (TPSA) is 84.7 Å². The Morgan fingerprint density at radius 1 is 1.32 bits per heavy atom. The summed E-state index contributed by atoms with van der Waals surface area (Å²) in [6.45, 7) is 0.846. The molecule has 0 N–H and O–H groups in total. The van der Waals surface area contributed by atoms with E-state index in [2.05, 4.69) is 5.10 Å². The molecule has 0 bridgehead atoms. The fourth-order valence-corrected chi connectivity index (χ4v) is 4.23. The molecule has 0 spiro atoms. The molecule has 0 aliphatic carbocycles. The van der Waals surface area contributed by atoms with Crippen molar-refractivity contribution < 1.29 is 19.1 Å². The summed E-state index contributed by atoms with van der Waals surface area (Å²) in [6, 6.07) is 6.90. The van der Waals surface area contributed by atoms with Crippen LogP contribution in [0.2, 0.25) is 5.02 Å². The second-order valence-corrected chi connectivity index (χ2v) is 8.25. The monoisotopic (exact) mass is 446 g/mol. The van der Waals surface area contributed by atoms with Crippen LogP contribution >= 0.6 is 11.6 Å². The first kappa shape index (κ1) is 23.0. The van der Waals surface area contributed by atoms with Crippen LogP contribution < -0.4 is 0 Å². The van der Waals surface area contributed by atoms with Crippen molar-refractivity contribution in [3.05, 3.63) is 52.8 Å². The lowest BCUT2D eigenvalue weighted by molar-refractivity contribution is -0.143. The number of carbonyl (C=O) groups excluding carboxylic acids is 3. The van der Waals surface area contributed by atoms with Gasteiger partial charge in [-0.3, -0.25) is 24.0 Å². The summed E-state index contributed by atoms with van der Waals surface area (Å²) in [5, 5.41) is 4.50. The minimum absolute atomic E-state index is 0.0958. The van der Waals surface area contributed by atoms with Gasteiger partial charge in [-0.25, -0.2) is 0 Å². The molecule has 166 valence electrons. The van der Waals surface area contributed by atoms with Crippen molar-refractivity contribution >= 4 is 29.3 Å². The second-order valence-electron chi connectivity index (χ2n) is 7.85. The third-order valence-corrected chi connectivity index (χ3v) is 6.02. The highest BCUT2D eigenvalue weighted by atomic mass is 35.5. The highest BCUT2D eigenvalue weighted by Crippen LogP contribution is 2.43. The number of carbonyl (C=O) groups is 3. The van der Waals surface area contributed by atoms with Gasteiger partial charge in [0.15, 0.2) is 0 Å². The standard InChI is InChI=1S/C22H27ClN4O4/c1-25(9-8-16-14-24-26(2)15-16)19(28)12-22(17-6-4-5-7-18(17)23)13-20(29)27(21(22)30)10-11-31-3/h4-7,14-15H,8-13H2,1-3H3/t22-/m1/s1. The molecule has 9 heteroatoms. The molecule has 0 saturated carbocycles. The first-order valence-corrected chi connectivity index (χ1v) is 10.5. The number of aromatic nitrogens is 2. The first-order chi connectivity index (χ1) is 14.8. The maximum Gasteiger partial charge on any atom is 0.241 e. The number of methoxy groups -OCH3 is 1. The van der Waals surface area contributed by atoms with Crippen LogP contribution in [0, 0.1) is 0 Å². The number of hydrogen-bond donors (Lipinski definition) is 0. The molecule has 0 unspecified atom stereocenters. The van der Waals surface area contributed by atoms with Gasteiger partial charge in [-0.15, -0.1) is 0 Å². The summed E-state index contributed by atoms with van der Waals surface area (Å²) in [5.74, 6) is -0.956. The van der Waals surface area contributed by atoms with Gasteiger partial charge in [0.2, 0.25) is 17.7 Å². The van der Waals surface area contributed by atoms with Gasteiger partial charge < -0.3 is 9.64 Å². The van der Waals surface area contributed by atoms with Crippen LogP contribution in [0.5, 0.6) is 0 Å². The van der Waals surface area contributed by atoms with E-state index in [1.807, 2.05) is 13.2 Å². The molecular weight excluding hydrogens is 420 g/mol. The minimum Gasteiger partial charge on any atom is -0.383 e. The van der Waals surface area contributed by atoms with Gasteiger partial charge in [-0.2, -0.15) is 5.10 Å². The highest BCUT2D eigenvalue weighted by Gasteiger charge is 2.54. The van der Waals surface area contributed by atoms with Crippen LogP contribution in [0.15, 0.2) is 36.7 Å². The van der Waals surface area contributed by atoms with E-state index in [9.17, 15) is 14.4 Å². The number of imide groups is 1. The Morgan fingerprint density at radius 2 is 2.06 bits per heavy atom. The number of halogens is 1. The quantitative estimate of drug-likeness (QED) is 0.548. The molecule has 1 aliphatic heterocycles. The van der Waals surface area contributed by atoms with Crippen LogP contribution in [-0.4, -0.2) is 71.2 Å². The molecule has 3 amide bonds. The van der Waals surface area contributed by atoms with E-state index in [1.165, 1.54) is 12.0 Å². The predicted octanol–water partition coefficient (Wildman–Crippen LogP) is 1.81. The SMILES string of the molecule is COCCN1C(=O)C[C@](CC(=O)N(C)CCc2cnn(C)c2)(c2ccccc2Cl)C1=O. The maximum absolute atomic E-state index is 13.4. The van der Waals surface area contributed by atoms with Crippen LogP contribution in [0.1, 0.15) is 24.0 Å². The van der Waals surface area contributed by atoms with Crippen molar-refractivity contribution in [1.29, 1.82) is 0 Å². The van der Waals surface area contributed by atoms with Gasteiger partial charge in [0.1, 0.15) is 0 Å². The van der Waals surface area contributed by atoms with E-state index >= 15 is 0 Å². The van der Waals surface area contributed by atoms with E-state index in [0.717, 1.165) is 5.56 Å². The maximum atomic E-state index is 13.4. The predicted molar refractivity (Wildman–Crippen MR) is 116 cm³/mol. The molecule has 1 aromatic carbocycles. The summed E-state index contributed by atoms with van der Waals surface area (Å²) in [4.78, 5) is 42.1. The molecular formula is C22H27ClN4O4. The molecule has 1 saturated heterocycles. The number of hydrogen-bond acceptors (Lipinski definition) is 5. The van der Waals surface area contributed by atoms with E-state index in [4.69, 9.17) is 16.3 Å². The smallest absolute Gasteiger partial charge is 0.241 e. The van der Waals surface area contributed by atoms with Crippen molar-refractivity contribution in [3.8, 4) is 0 Å². The Kier molecular flexibility index (Phi) is 7.12. The van der Waals surface area contributed by atoms with Crippen molar-refractivity contribution in [2.45, 2.75) is 24.7 Å². The highest BCUT2D eigenvalue weighted by molar-refractivity contribution is 6.32. The summed E-state index contributed by atoms with van der Waals surface area (Å²) in [5.41, 5.74) is 0.202. The number of likely N-dealkylation sites (N-methyl/N-ethyl adjacent to an activating group) is 1. The summed E-state index contributed by atoms with van der Waals surface area (Å²) < 4.78 is 6.75. The van der Waals surface area contributed by atoms with Crippen molar-refractivity contribution in [2.75, 3.05) is 33.9 Å². The number of benzene rings is 1. The molecule has 8 nitrogen and oxygen atoms in total. The first-order valence-electron chi connectivity index (χ1n) is 10.1. The Balaban J connectivity index is 1.84. The van der Waals surface area contributed by atoms with Gasteiger partial charge in [0.25, 0.3) is 0 Å². The third-order valence-electron chi connectivity index (χ3n) is 5.69. The lowest BCUT2D eigenvalue weighted by Crippen LogP contribution is -2.44. The zero-order chi connectivity index (χ0) is 22.6. The number of likely N-dealkylation sites (tertiary alicyclic amines) is 1. The Hall–Kier alpha value is -2.71. The zero-order valence-electron chi connectivity index (χ0n) is 18.0. The Bertz CT molecular complexity index is 976. The molecule has 1 atom stereocenters. The molecule has 3 rings (SSSR count). The summed E-state index contributed by atoms with van der Waals surface area (Å²) in [7, 11) is 5.04. The van der Waals surface area contributed by atoms with E-state index in [-0.39, 0.29) is 37.8 Å². The lowest BCUT2D eigenvalue weighted by atomic mass is 9.75. The Labute approximate surface area is 186 Å². The fraction of sp³-hybridized carbons (Fsp3) is 0.455. The number of aryl methyl sites for hydroxylation is 1. The number of nitrogens with zero attached hydrogens (tertiary/aromatic N) is 4. The van der Waals surface area contributed by atoms with Gasteiger partial charge in [-0.1, -0.05) is 29.8 Å². The Morgan fingerprint density at radius 3 is 2.71 bits per heavy atom. The van der Waals surface area contributed by atoms with Gasteiger partial charge >= 0.3 is 0 Å². The average molecular weight is 447 g/mol. The number of amides is 3. The molecule has 1 fully saturated rings.